The third kappa shape index (κ3) is 8.33. The number of aliphatic hydroxyl groups is 4. The Labute approximate surface area is 172 Å². The van der Waals surface area contributed by atoms with Gasteiger partial charge in [0.1, 0.15) is 24.4 Å². The number of rotatable bonds is 14. The van der Waals surface area contributed by atoms with Crippen LogP contribution in [-0.2, 0) is 28.4 Å². The van der Waals surface area contributed by atoms with E-state index in [1.54, 1.807) is 27.7 Å². The summed E-state index contributed by atoms with van der Waals surface area (Å²) < 4.78 is 35.0. The Hall–Kier alpha value is -0.400. The Morgan fingerprint density at radius 3 is 1.59 bits per heavy atom. The maximum absolute atomic E-state index is 9.49. The van der Waals surface area contributed by atoms with E-state index in [4.69, 9.17) is 28.4 Å². The molecule has 0 aromatic heterocycles. The molecule has 0 aromatic carbocycles. The Bertz CT molecular complexity index is 426. The number of ether oxygens (including phenoxy) is 6. The van der Waals surface area contributed by atoms with E-state index in [0.29, 0.717) is 0 Å². The molecule has 4 N–H and O–H groups in total. The van der Waals surface area contributed by atoms with Gasteiger partial charge in [0.25, 0.3) is 0 Å². The van der Waals surface area contributed by atoms with Gasteiger partial charge >= 0.3 is 0 Å². The fourth-order valence-electron chi connectivity index (χ4n) is 2.91. The van der Waals surface area contributed by atoms with Crippen LogP contribution in [0.25, 0.3) is 0 Å². The van der Waals surface area contributed by atoms with E-state index in [1.807, 2.05) is 0 Å². The van der Waals surface area contributed by atoms with E-state index in [9.17, 15) is 20.4 Å². The first-order valence-electron chi connectivity index (χ1n) is 10.0. The van der Waals surface area contributed by atoms with Gasteiger partial charge in [0.05, 0.1) is 57.5 Å². The van der Waals surface area contributed by atoms with Gasteiger partial charge in [-0.15, -0.1) is 0 Å². The lowest BCUT2D eigenvalue weighted by Gasteiger charge is -2.47. The minimum atomic E-state index is -0.845. The van der Waals surface area contributed by atoms with Crippen molar-refractivity contribution in [1.29, 1.82) is 0 Å². The van der Waals surface area contributed by atoms with Crippen molar-refractivity contribution in [2.45, 2.75) is 82.8 Å². The van der Waals surface area contributed by atoms with E-state index in [0.717, 1.165) is 0 Å². The molecule has 1 aliphatic rings. The molecule has 1 aliphatic heterocycles. The molecule has 0 aromatic rings. The van der Waals surface area contributed by atoms with E-state index >= 15 is 0 Å². The van der Waals surface area contributed by atoms with Gasteiger partial charge in [-0.05, 0) is 27.7 Å². The molecular formula is C19H38O10. The second-order valence-corrected chi connectivity index (χ2v) is 7.39. The van der Waals surface area contributed by atoms with Crippen LogP contribution in [0.4, 0.5) is 0 Å². The molecule has 29 heavy (non-hydrogen) atoms. The van der Waals surface area contributed by atoms with Gasteiger partial charge in [-0.2, -0.15) is 0 Å². The third-order valence-electron chi connectivity index (χ3n) is 4.57. The molecule has 9 unspecified atom stereocenters. The molecule has 0 radical (unpaired) electrons. The SMILES string of the molecule is COC1OC(COC(C)CO)C(OC(C)CO)C(OC(C)CO)C1OC(C)CO. The molecule has 1 fully saturated rings. The maximum atomic E-state index is 9.49. The highest BCUT2D eigenvalue weighted by Gasteiger charge is 2.50. The van der Waals surface area contributed by atoms with Crippen molar-refractivity contribution in [2.75, 3.05) is 40.1 Å². The highest BCUT2D eigenvalue weighted by Crippen LogP contribution is 2.31. The largest absolute Gasteiger partial charge is 0.394 e. The molecule has 1 rings (SSSR count). The first kappa shape index (κ1) is 26.6. The Kier molecular flexibility index (Phi) is 12.7. The van der Waals surface area contributed by atoms with Crippen molar-refractivity contribution in [1.82, 2.24) is 0 Å². The van der Waals surface area contributed by atoms with Crippen LogP contribution in [0, 0.1) is 0 Å². The van der Waals surface area contributed by atoms with Gasteiger partial charge in [-0.1, -0.05) is 0 Å². The molecule has 10 nitrogen and oxygen atoms in total. The van der Waals surface area contributed by atoms with Crippen molar-refractivity contribution in [3.63, 3.8) is 0 Å². The second-order valence-electron chi connectivity index (χ2n) is 7.39. The first-order chi connectivity index (χ1) is 13.8. The zero-order valence-electron chi connectivity index (χ0n) is 18.0. The Balaban J connectivity index is 3.19. The van der Waals surface area contributed by atoms with Crippen molar-refractivity contribution in [3.8, 4) is 0 Å². The zero-order valence-corrected chi connectivity index (χ0v) is 18.0. The summed E-state index contributed by atoms with van der Waals surface area (Å²) in [4.78, 5) is 0. The lowest BCUT2D eigenvalue weighted by Crippen LogP contribution is -2.63. The molecule has 0 spiro atoms. The molecule has 0 aliphatic carbocycles. The molecule has 0 amide bonds. The molecule has 0 bridgehead atoms. The van der Waals surface area contributed by atoms with Crippen molar-refractivity contribution in [3.05, 3.63) is 0 Å². The molecule has 174 valence electrons. The summed E-state index contributed by atoms with van der Waals surface area (Å²) in [5.74, 6) is 0. The highest BCUT2D eigenvalue weighted by atomic mass is 16.7. The number of aliphatic hydroxyl groups excluding tert-OH is 4. The lowest BCUT2D eigenvalue weighted by molar-refractivity contribution is -0.334. The van der Waals surface area contributed by atoms with Crippen LogP contribution in [0.15, 0.2) is 0 Å². The van der Waals surface area contributed by atoms with Gasteiger partial charge in [0.2, 0.25) is 0 Å². The van der Waals surface area contributed by atoms with Gasteiger partial charge < -0.3 is 48.8 Å². The highest BCUT2D eigenvalue weighted by molar-refractivity contribution is 4.94. The summed E-state index contributed by atoms with van der Waals surface area (Å²) >= 11 is 0. The first-order valence-corrected chi connectivity index (χ1v) is 10.0. The Morgan fingerprint density at radius 1 is 0.690 bits per heavy atom. The lowest BCUT2D eigenvalue weighted by atomic mass is 9.97. The molecule has 1 saturated heterocycles. The summed E-state index contributed by atoms with van der Waals surface area (Å²) in [5.41, 5.74) is 0. The van der Waals surface area contributed by atoms with Crippen LogP contribution in [0.2, 0.25) is 0 Å². The molecule has 1 heterocycles. The van der Waals surface area contributed by atoms with E-state index in [-0.39, 0.29) is 33.0 Å². The predicted octanol–water partition coefficient (Wildman–Crippen LogP) is -0.947. The summed E-state index contributed by atoms with van der Waals surface area (Å²) in [5, 5.41) is 37.6. The van der Waals surface area contributed by atoms with Crippen molar-refractivity contribution < 1.29 is 48.8 Å². The van der Waals surface area contributed by atoms with Crippen LogP contribution in [0.3, 0.4) is 0 Å². The van der Waals surface area contributed by atoms with Crippen LogP contribution in [0.5, 0.6) is 0 Å². The number of hydrogen-bond acceptors (Lipinski definition) is 10. The van der Waals surface area contributed by atoms with Gasteiger partial charge in [0, 0.05) is 7.11 Å². The fraction of sp³-hybridized carbons (Fsp3) is 1.00. The molecular weight excluding hydrogens is 388 g/mol. The van der Waals surface area contributed by atoms with Crippen LogP contribution >= 0.6 is 0 Å². The number of hydrogen-bond donors (Lipinski definition) is 4. The van der Waals surface area contributed by atoms with Crippen LogP contribution in [0.1, 0.15) is 27.7 Å². The average molecular weight is 427 g/mol. The topological polar surface area (TPSA) is 136 Å². The van der Waals surface area contributed by atoms with E-state index in [2.05, 4.69) is 0 Å². The summed E-state index contributed by atoms with van der Waals surface area (Å²) in [6, 6.07) is 0. The van der Waals surface area contributed by atoms with E-state index < -0.39 is 55.1 Å². The Morgan fingerprint density at radius 2 is 1.14 bits per heavy atom. The van der Waals surface area contributed by atoms with Gasteiger partial charge in [0.15, 0.2) is 6.29 Å². The summed E-state index contributed by atoms with van der Waals surface area (Å²) in [6.45, 7) is 6.11. The van der Waals surface area contributed by atoms with Gasteiger partial charge in [-0.25, -0.2) is 0 Å². The monoisotopic (exact) mass is 426 g/mol. The fourth-order valence-corrected chi connectivity index (χ4v) is 2.91. The predicted molar refractivity (Wildman–Crippen MR) is 102 cm³/mol. The van der Waals surface area contributed by atoms with Crippen LogP contribution in [-0.4, -0.2) is 116 Å². The maximum Gasteiger partial charge on any atom is 0.186 e. The zero-order chi connectivity index (χ0) is 22.0. The normalized spacial score (nSPS) is 32.0. The third-order valence-corrected chi connectivity index (χ3v) is 4.57. The summed E-state index contributed by atoms with van der Waals surface area (Å²) in [7, 11) is 1.46. The quantitative estimate of drug-likeness (QED) is 0.275. The average Bonchev–Trinajstić information content (AvgIpc) is 2.73. The van der Waals surface area contributed by atoms with Crippen molar-refractivity contribution >= 4 is 0 Å². The second kappa shape index (κ2) is 13.8. The number of methoxy groups -OCH3 is 1. The summed E-state index contributed by atoms with van der Waals surface area (Å²) in [6.07, 6.45) is -5.70. The molecule has 0 saturated carbocycles. The standard InChI is InChI=1S/C19H38O10/c1-11(6-20)25-10-15-16(26-12(2)7-21)17(27-13(3)8-22)18(19(24-5)29-15)28-14(4)9-23/h11-23H,6-10H2,1-5H3. The smallest absolute Gasteiger partial charge is 0.186 e. The van der Waals surface area contributed by atoms with Crippen molar-refractivity contribution in [2.24, 2.45) is 0 Å². The van der Waals surface area contributed by atoms with Crippen LogP contribution < -0.4 is 0 Å². The molecule has 9 atom stereocenters. The minimum absolute atomic E-state index is 0.0834. The van der Waals surface area contributed by atoms with E-state index in [1.165, 1.54) is 7.11 Å². The molecule has 10 heteroatoms. The van der Waals surface area contributed by atoms with Gasteiger partial charge in [-0.3, -0.25) is 0 Å². The minimum Gasteiger partial charge on any atom is -0.394 e.